The lowest BCUT2D eigenvalue weighted by atomic mass is 10.0. The first-order valence-corrected chi connectivity index (χ1v) is 8.19. The lowest BCUT2D eigenvalue weighted by molar-refractivity contribution is -0.384. The quantitative estimate of drug-likeness (QED) is 0.486. The average molecular weight is 348 g/mol. The zero-order chi connectivity index (χ0) is 17.7. The van der Waals surface area contributed by atoms with Gasteiger partial charge in [0.2, 0.25) is 5.91 Å². The molecular weight excluding hydrogens is 332 g/mol. The molecule has 1 N–H and O–H groups in total. The third-order valence-electron chi connectivity index (χ3n) is 3.23. The summed E-state index contributed by atoms with van der Waals surface area (Å²) < 4.78 is 5.07. The fourth-order valence-corrected chi connectivity index (χ4v) is 3.02. The van der Waals surface area contributed by atoms with Gasteiger partial charge in [-0.05, 0) is 24.6 Å². The van der Waals surface area contributed by atoms with Crippen LogP contribution in [-0.4, -0.2) is 23.4 Å². The lowest BCUT2D eigenvalue weighted by Gasteiger charge is -2.08. The van der Waals surface area contributed by atoms with Crippen LogP contribution in [0.5, 0.6) is 0 Å². The number of carbonyl (C=O) groups is 2. The van der Waals surface area contributed by atoms with Crippen molar-refractivity contribution in [1.82, 2.24) is 0 Å². The molecule has 0 saturated carbocycles. The molecule has 8 heteroatoms. The van der Waals surface area contributed by atoms with Crippen LogP contribution in [0, 0.1) is 10.1 Å². The summed E-state index contributed by atoms with van der Waals surface area (Å²) in [6, 6.07) is 5.86. The van der Waals surface area contributed by atoms with Crippen molar-refractivity contribution in [3.05, 3.63) is 45.3 Å². The van der Waals surface area contributed by atoms with E-state index >= 15 is 0 Å². The second kappa shape index (κ2) is 7.69. The Morgan fingerprint density at radius 3 is 2.46 bits per heavy atom. The molecule has 0 saturated heterocycles. The molecule has 0 aliphatic carbocycles. The predicted molar refractivity (Wildman–Crippen MR) is 91.3 cm³/mol. The van der Waals surface area contributed by atoms with Gasteiger partial charge >= 0.3 is 5.97 Å². The summed E-state index contributed by atoms with van der Waals surface area (Å²) in [6.07, 6.45) is 0.285. The van der Waals surface area contributed by atoms with Gasteiger partial charge in [-0.2, -0.15) is 0 Å². The summed E-state index contributed by atoms with van der Waals surface area (Å²) >= 11 is 1.21. The van der Waals surface area contributed by atoms with Crippen molar-refractivity contribution >= 4 is 33.9 Å². The lowest BCUT2D eigenvalue weighted by Crippen LogP contribution is -2.13. The number of hydrogen-bond donors (Lipinski definition) is 1. The Bertz CT molecular complexity index is 767. The van der Waals surface area contributed by atoms with Gasteiger partial charge in [0.05, 0.1) is 11.5 Å². The van der Waals surface area contributed by atoms with Crippen LogP contribution in [0.3, 0.4) is 0 Å². The third-order valence-corrected chi connectivity index (χ3v) is 4.13. The molecule has 0 aliphatic rings. The molecule has 0 spiro atoms. The van der Waals surface area contributed by atoms with Gasteiger partial charge < -0.3 is 10.1 Å². The SMILES string of the molecule is CCOC(=O)c1c(-c2ccc([N+](=O)[O-])cc2)csc1NC(=O)CC. The highest BCUT2D eigenvalue weighted by Crippen LogP contribution is 2.36. The number of esters is 1. The number of amides is 1. The van der Waals surface area contributed by atoms with Crippen LogP contribution in [0.4, 0.5) is 10.7 Å². The Balaban J connectivity index is 2.46. The topological polar surface area (TPSA) is 98.5 Å². The molecule has 0 aliphatic heterocycles. The Morgan fingerprint density at radius 1 is 1.25 bits per heavy atom. The number of ether oxygens (including phenoxy) is 1. The molecule has 126 valence electrons. The maximum Gasteiger partial charge on any atom is 0.341 e. The number of nitrogens with zero attached hydrogens (tertiary/aromatic N) is 1. The average Bonchev–Trinajstić information content (AvgIpc) is 2.98. The number of nitrogens with one attached hydrogen (secondary N) is 1. The molecule has 7 nitrogen and oxygen atoms in total. The van der Waals surface area contributed by atoms with E-state index < -0.39 is 10.9 Å². The summed E-state index contributed by atoms with van der Waals surface area (Å²) in [6.45, 7) is 3.61. The van der Waals surface area contributed by atoms with Gasteiger partial charge in [-0.15, -0.1) is 11.3 Å². The second-order valence-electron chi connectivity index (χ2n) is 4.78. The van der Waals surface area contributed by atoms with Gasteiger partial charge in [0.15, 0.2) is 0 Å². The Labute approximate surface area is 142 Å². The standard InChI is InChI=1S/C16H16N2O5S/c1-3-13(19)17-15-14(16(20)23-4-2)12(9-24-15)10-5-7-11(8-6-10)18(21)22/h5-9H,3-4H2,1-2H3,(H,17,19). The van der Waals surface area contributed by atoms with Crippen LogP contribution in [0.2, 0.25) is 0 Å². The molecule has 1 amide bonds. The van der Waals surface area contributed by atoms with E-state index in [1.54, 1.807) is 31.4 Å². The van der Waals surface area contributed by atoms with Crippen molar-refractivity contribution in [3.63, 3.8) is 0 Å². The van der Waals surface area contributed by atoms with Gasteiger partial charge in [0.1, 0.15) is 10.6 Å². The van der Waals surface area contributed by atoms with E-state index in [0.717, 1.165) is 0 Å². The molecule has 2 aromatic rings. The zero-order valence-electron chi connectivity index (χ0n) is 13.2. The minimum Gasteiger partial charge on any atom is -0.462 e. The van der Waals surface area contributed by atoms with Gasteiger partial charge in [-0.1, -0.05) is 6.92 Å². The van der Waals surface area contributed by atoms with Crippen molar-refractivity contribution in [1.29, 1.82) is 0 Å². The Kier molecular flexibility index (Phi) is 5.64. The number of hydrogen-bond acceptors (Lipinski definition) is 6. The van der Waals surface area contributed by atoms with Gasteiger partial charge in [0, 0.05) is 29.5 Å². The number of carbonyl (C=O) groups excluding carboxylic acids is 2. The fourth-order valence-electron chi connectivity index (χ4n) is 2.05. The van der Waals surface area contributed by atoms with E-state index in [9.17, 15) is 19.7 Å². The number of anilines is 1. The fraction of sp³-hybridized carbons (Fsp3) is 0.250. The molecule has 1 aromatic heterocycles. The molecule has 24 heavy (non-hydrogen) atoms. The molecule has 0 atom stereocenters. The van der Waals surface area contributed by atoms with Crippen molar-refractivity contribution in [2.24, 2.45) is 0 Å². The van der Waals surface area contributed by atoms with Crippen molar-refractivity contribution < 1.29 is 19.2 Å². The highest BCUT2D eigenvalue weighted by molar-refractivity contribution is 7.15. The van der Waals surface area contributed by atoms with E-state index in [1.807, 2.05) is 0 Å². The molecule has 0 radical (unpaired) electrons. The number of nitro groups is 1. The van der Waals surface area contributed by atoms with E-state index in [2.05, 4.69) is 5.32 Å². The molecule has 1 aromatic carbocycles. The summed E-state index contributed by atoms with van der Waals surface area (Å²) in [7, 11) is 0. The van der Waals surface area contributed by atoms with Crippen LogP contribution in [0.25, 0.3) is 11.1 Å². The van der Waals surface area contributed by atoms with Crippen molar-refractivity contribution in [2.75, 3.05) is 11.9 Å². The van der Waals surface area contributed by atoms with E-state index in [1.165, 1.54) is 23.5 Å². The highest BCUT2D eigenvalue weighted by Gasteiger charge is 2.22. The van der Waals surface area contributed by atoms with Crippen LogP contribution < -0.4 is 5.32 Å². The summed E-state index contributed by atoms with van der Waals surface area (Å²) in [5.74, 6) is -0.754. The summed E-state index contributed by atoms with van der Waals surface area (Å²) in [5, 5.41) is 15.6. The largest absolute Gasteiger partial charge is 0.462 e. The number of thiophene rings is 1. The molecule has 2 rings (SSSR count). The first kappa shape index (κ1) is 17.6. The van der Waals surface area contributed by atoms with Gasteiger partial charge in [0.25, 0.3) is 5.69 Å². The van der Waals surface area contributed by atoms with Crippen LogP contribution >= 0.6 is 11.3 Å². The number of non-ortho nitro benzene ring substituents is 1. The minimum absolute atomic E-state index is 0.0360. The smallest absolute Gasteiger partial charge is 0.341 e. The number of nitro benzene ring substituents is 1. The monoisotopic (exact) mass is 348 g/mol. The molecule has 0 fully saturated rings. The molecular formula is C16H16N2O5S. The number of rotatable bonds is 6. The third kappa shape index (κ3) is 3.77. The van der Waals surface area contributed by atoms with Crippen LogP contribution in [0.1, 0.15) is 30.6 Å². The predicted octanol–water partition coefficient (Wildman–Crippen LogP) is 3.85. The van der Waals surface area contributed by atoms with Gasteiger partial charge in [-0.3, -0.25) is 14.9 Å². The van der Waals surface area contributed by atoms with Gasteiger partial charge in [-0.25, -0.2) is 4.79 Å². The molecule has 1 heterocycles. The van der Waals surface area contributed by atoms with E-state index in [0.29, 0.717) is 16.1 Å². The Morgan fingerprint density at radius 2 is 1.92 bits per heavy atom. The minimum atomic E-state index is -0.543. The van der Waals surface area contributed by atoms with E-state index in [-0.39, 0.29) is 30.2 Å². The second-order valence-corrected chi connectivity index (χ2v) is 5.66. The highest BCUT2D eigenvalue weighted by atomic mass is 32.1. The van der Waals surface area contributed by atoms with Crippen LogP contribution in [-0.2, 0) is 9.53 Å². The van der Waals surface area contributed by atoms with Crippen molar-refractivity contribution in [2.45, 2.75) is 20.3 Å². The van der Waals surface area contributed by atoms with Crippen LogP contribution in [0.15, 0.2) is 29.6 Å². The number of benzene rings is 1. The van der Waals surface area contributed by atoms with Crippen molar-refractivity contribution in [3.8, 4) is 11.1 Å². The zero-order valence-corrected chi connectivity index (χ0v) is 14.0. The summed E-state index contributed by atoms with van der Waals surface area (Å²) in [5.41, 5.74) is 1.43. The maximum atomic E-state index is 12.3. The van der Waals surface area contributed by atoms with E-state index in [4.69, 9.17) is 4.74 Å². The Hall–Kier alpha value is -2.74. The summed E-state index contributed by atoms with van der Waals surface area (Å²) in [4.78, 5) is 34.2. The molecule has 0 unspecified atom stereocenters. The first-order valence-electron chi connectivity index (χ1n) is 7.31. The molecule has 0 bridgehead atoms. The first-order chi connectivity index (χ1) is 11.5. The maximum absolute atomic E-state index is 12.3. The normalized spacial score (nSPS) is 10.2.